The minimum Gasteiger partial charge on any atom is -0.467 e. The SMILES string of the molecule is CCOC(=O)/C(=C\C[C@H](NC(=O)OC(C)(C)C)C(=O)OC)c1ccc(C=O)o1. The molecular weight excluding hydrogens is 370 g/mol. The fourth-order valence-electron chi connectivity index (χ4n) is 2.10. The van der Waals surface area contributed by atoms with Crippen molar-refractivity contribution < 1.29 is 37.8 Å². The van der Waals surface area contributed by atoms with Gasteiger partial charge in [-0.25, -0.2) is 14.4 Å². The molecule has 0 radical (unpaired) electrons. The molecule has 0 saturated carbocycles. The maximum absolute atomic E-state index is 12.2. The Morgan fingerprint density at radius 3 is 2.43 bits per heavy atom. The van der Waals surface area contributed by atoms with Crippen molar-refractivity contribution in [3.8, 4) is 0 Å². The van der Waals surface area contributed by atoms with Gasteiger partial charge >= 0.3 is 18.0 Å². The zero-order valence-corrected chi connectivity index (χ0v) is 16.6. The molecule has 0 unspecified atom stereocenters. The van der Waals surface area contributed by atoms with E-state index >= 15 is 0 Å². The lowest BCUT2D eigenvalue weighted by atomic mass is 10.1. The molecule has 0 spiro atoms. The third kappa shape index (κ3) is 7.26. The highest BCUT2D eigenvalue weighted by atomic mass is 16.6. The molecule has 1 amide bonds. The highest BCUT2D eigenvalue weighted by Gasteiger charge is 2.26. The first kappa shape index (κ1) is 22.9. The molecule has 0 aliphatic heterocycles. The van der Waals surface area contributed by atoms with Gasteiger partial charge in [0, 0.05) is 0 Å². The number of ether oxygens (including phenoxy) is 3. The number of furan rings is 1. The second kappa shape index (κ2) is 10.3. The number of nitrogens with one attached hydrogen (secondary N) is 1. The fraction of sp³-hybridized carbons (Fsp3) is 0.474. The average molecular weight is 395 g/mol. The number of aldehydes is 1. The molecule has 0 aliphatic carbocycles. The summed E-state index contributed by atoms with van der Waals surface area (Å²) in [7, 11) is 1.17. The Balaban J connectivity index is 3.08. The van der Waals surface area contributed by atoms with Crippen molar-refractivity contribution in [2.75, 3.05) is 13.7 Å². The van der Waals surface area contributed by atoms with Crippen LogP contribution in [0.2, 0.25) is 0 Å². The number of alkyl carbamates (subject to hydrolysis) is 1. The third-order valence-corrected chi connectivity index (χ3v) is 3.24. The average Bonchev–Trinajstić information content (AvgIpc) is 3.07. The van der Waals surface area contributed by atoms with E-state index in [1.54, 1.807) is 27.7 Å². The Kier molecular flexibility index (Phi) is 8.43. The summed E-state index contributed by atoms with van der Waals surface area (Å²) < 4.78 is 20.1. The highest BCUT2D eigenvalue weighted by molar-refractivity contribution is 6.15. The molecular formula is C19H25NO8. The maximum Gasteiger partial charge on any atom is 0.408 e. The van der Waals surface area contributed by atoms with Gasteiger partial charge in [-0.2, -0.15) is 0 Å². The molecule has 1 aromatic rings. The first-order valence-corrected chi connectivity index (χ1v) is 8.61. The minimum atomic E-state index is -1.11. The Hall–Kier alpha value is -3.10. The predicted molar refractivity (Wildman–Crippen MR) is 98.5 cm³/mol. The lowest BCUT2D eigenvalue weighted by Gasteiger charge is -2.22. The van der Waals surface area contributed by atoms with Gasteiger partial charge < -0.3 is 23.9 Å². The van der Waals surface area contributed by atoms with Gasteiger partial charge in [0.1, 0.15) is 17.4 Å². The number of esters is 2. The van der Waals surface area contributed by atoms with E-state index < -0.39 is 29.7 Å². The number of hydrogen-bond donors (Lipinski definition) is 1. The van der Waals surface area contributed by atoms with Crippen LogP contribution >= 0.6 is 0 Å². The summed E-state index contributed by atoms with van der Waals surface area (Å²) in [4.78, 5) is 47.0. The van der Waals surface area contributed by atoms with E-state index in [4.69, 9.17) is 13.9 Å². The summed E-state index contributed by atoms with van der Waals surface area (Å²) in [6.07, 6.45) is 0.949. The van der Waals surface area contributed by atoms with Crippen molar-refractivity contribution >= 4 is 29.9 Å². The van der Waals surface area contributed by atoms with Crippen molar-refractivity contribution in [3.63, 3.8) is 0 Å². The number of carbonyl (C=O) groups is 4. The van der Waals surface area contributed by atoms with E-state index in [9.17, 15) is 19.2 Å². The molecule has 28 heavy (non-hydrogen) atoms. The van der Waals surface area contributed by atoms with Gasteiger partial charge in [-0.05, 0) is 46.2 Å². The lowest BCUT2D eigenvalue weighted by Crippen LogP contribution is -2.43. The molecule has 9 nitrogen and oxygen atoms in total. The Labute approximate surface area is 163 Å². The van der Waals surface area contributed by atoms with Crippen LogP contribution in [-0.2, 0) is 23.8 Å². The first-order chi connectivity index (χ1) is 13.1. The standard InChI is InChI=1S/C19H25NO8/c1-6-26-16(22)13(15-10-7-12(11-21)27-15)8-9-14(17(23)25-5)20-18(24)28-19(2,3)4/h7-8,10-11,14H,6,9H2,1-5H3,(H,20,24)/b13-8-/t14-/m0/s1. The van der Waals surface area contributed by atoms with Gasteiger partial charge in [0.15, 0.2) is 12.0 Å². The van der Waals surface area contributed by atoms with Crippen LogP contribution in [0.15, 0.2) is 22.6 Å². The zero-order chi connectivity index (χ0) is 21.3. The van der Waals surface area contributed by atoms with Gasteiger partial charge in [0.25, 0.3) is 0 Å². The van der Waals surface area contributed by atoms with E-state index in [0.717, 1.165) is 0 Å². The van der Waals surface area contributed by atoms with Crippen molar-refractivity contribution in [2.24, 2.45) is 0 Å². The Morgan fingerprint density at radius 1 is 1.25 bits per heavy atom. The summed E-state index contributed by atoms with van der Waals surface area (Å²) in [5.41, 5.74) is -0.745. The van der Waals surface area contributed by atoms with E-state index in [2.05, 4.69) is 10.1 Å². The number of methoxy groups -OCH3 is 1. The van der Waals surface area contributed by atoms with Crippen molar-refractivity contribution in [1.29, 1.82) is 0 Å². The molecule has 0 aromatic carbocycles. The van der Waals surface area contributed by atoms with Crippen LogP contribution in [0, 0.1) is 0 Å². The smallest absolute Gasteiger partial charge is 0.408 e. The second-order valence-corrected chi connectivity index (χ2v) is 6.62. The second-order valence-electron chi connectivity index (χ2n) is 6.62. The van der Waals surface area contributed by atoms with Crippen molar-refractivity contribution in [2.45, 2.75) is 45.8 Å². The monoisotopic (exact) mass is 395 g/mol. The first-order valence-electron chi connectivity index (χ1n) is 8.61. The van der Waals surface area contributed by atoms with Gasteiger partial charge in [-0.1, -0.05) is 6.08 Å². The summed E-state index contributed by atoms with van der Waals surface area (Å²) in [6, 6.07) is 1.72. The number of hydrogen-bond acceptors (Lipinski definition) is 8. The molecule has 0 saturated heterocycles. The molecule has 154 valence electrons. The van der Waals surface area contributed by atoms with Gasteiger partial charge in [-0.15, -0.1) is 0 Å². The van der Waals surface area contributed by atoms with Gasteiger partial charge in [-0.3, -0.25) is 4.79 Å². The normalized spacial score (nSPS) is 12.7. The molecule has 9 heteroatoms. The minimum absolute atomic E-state index is 0.00911. The van der Waals surface area contributed by atoms with Crippen molar-refractivity contribution in [3.05, 3.63) is 29.7 Å². The van der Waals surface area contributed by atoms with Crippen LogP contribution in [0.4, 0.5) is 4.79 Å². The summed E-state index contributed by atoms with van der Waals surface area (Å²) in [6.45, 7) is 6.80. The maximum atomic E-state index is 12.2. The fourth-order valence-corrected chi connectivity index (χ4v) is 2.10. The van der Waals surface area contributed by atoms with Crippen LogP contribution < -0.4 is 5.32 Å². The largest absolute Gasteiger partial charge is 0.467 e. The topological polar surface area (TPSA) is 121 Å². The Bertz CT molecular complexity index is 741. The number of rotatable bonds is 8. The van der Waals surface area contributed by atoms with Crippen LogP contribution in [0.25, 0.3) is 5.57 Å². The highest BCUT2D eigenvalue weighted by Crippen LogP contribution is 2.20. The van der Waals surface area contributed by atoms with E-state index in [1.807, 2.05) is 0 Å². The summed E-state index contributed by atoms with van der Waals surface area (Å²) >= 11 is 0. The molecule has 0 fully saturated rings. The number of amides is 1. The number of carbonyl (C=O) groups excluding carboxylic acids is 4. The summed E-state index contributed by atoms with van der Waals surface area (Å²) in [5.74, 6) is -1.29. The molecule has 0 bridgehead atoms. The van der Waals surface area contributed by atoms with E-state index in [0.29, 0.717) is 6.29 Å². The van der Waals surface area contributed by atoms with Crippen LogP contribution in [0.5, 0.6) is 0 Å². The van der Waals surface area contributed by atoms with Crippen LogP contribution in [-0.4, -0.2) is 49.7 Å². The Morgan fingerprint density at radius 2 is 1.93 bits per heavy atom. The quantitative estimate of drug-likeness (QED) is 0.308. The lowest BCUT2D eigenvalue weighted by molar-refractivity contribution is -0.143. The molecule has 1 heterocycles. The van der Waals surface area contributed by atoms with Gasteiger partial charge in [0.05, 0.1) is 19.3 Å². The zero-order valence-electron chi connectivity index (χ0n) is 16.6. The van der Waals surface area contributed by atoms with Crippen LogP contribution in [0.3, 0.4) is 0 Å². The molecule has 1 aromatic heterocycles. The van der Waals surface area contributed by atoms with E-state index in [1.165, 1.54) is 25.3 Å². The van der Waals surface area contributed by atoms with Gasteiger partial charge in [0.2, 0.25) is 0 Å². The molecule has 1 rings (SSSR count). The molecule has 0 aliphatic rings. The van der Waals surface area contributed by atoms with Crippen LogP contribution in [0.1, 0.15) is 50.4 Å². The molecule has 1 N–H and O–H groups in total. The third-order valence-electron chi connectivity index (χ3n) is 3.24. The van der Waals surface area contributed by atoms with E-state index in [-0.39, 0.29) is 30.1 Å². The molecule has 1 atom stereocenters. The predicted octanol–water partition coefficient (Wildman–Crippen LogP) is 2.50. The summed E-state index contributed by atoms with van der Waals surface area (Å²) in [5, 5.41) is 2.40. The van der Waals surface area contributed by atoms with Crippen molar-refractivity contribution in [1.82, 2.24) is 5.32 Å².